The molecule has 2 aromatic heterocycles. The van der Waals surface area contributed by atoms with E-state index in [-0.39, 0.29) is 0 Å². The molecule has 2 rings (SSSR count). The fourth-order valence-electron chi connectivity index (χ4n) is 1.81. The van der Waals surface area contributed by atoms with E-state index in [1.807, 2.05) is 10.9 Å². The first-order valence-electron chi connectivity index (χ1n) is 6.80. The summed E-state index contributed by atoms with van der Waals surface area (Å²) in [7, 11) is 0. The molecule has 0 unspecified atom stereocenters. The average Bonchev–Trinajstić information content (AvgIpc) is 2.93. The summed E-state index contributed by atoms with van der Waals surface area (Å²) in [5.41, 5.74) is 3.69. The predicted octanol–water partition coefficient (Wildman–Crippen LogP) is 4.38. The molecule has 0 saturated heterocycles. The van der Waals surface area contributed by atoms with Crippen LogP contribution < -0.4 is 5.32 Å². The van der Waals surface area contributed by atoms with Crippen molar-refractivity contribution in [3.05, 3.63) is 21.1 Å². The van der Waals surface area contributed by atoms with Gasteiger partial charge in [-0.15, -0.1) is 11.3 Å². The van der Waals surface area contributed by atoms with Gasteiger partial charge in [0.1, 0.15) is 11.5 Å². The van der Waals surface area contributed by atoms with E-state index >= 15 is 0 Å². The van der Waals surface area contributed by atoms with Gasteiger partial charge in [-0.05, 0) is 34.7 Å². The highest BCUT2D eigenvalue weighted by molar-refractivity contribution is 9.10. The van der Waals surface area contributed by atoms with Gasteiger partial charge in [0.25, 0.3) is 0 Å². The van der Waals surface area contributed by atoms with E-state index in [0.717, 1.165) is 41.1 Å². The lowest BCUT2D eigenvalue weighted by Gasteiger charge is -2.13. The highest BCUT2D eigenvalue weighted by atomic mass is 79.9. The molecule has 2 aromatic rings. The normalized spacial score (nSPS) is 11.1. The third-order valence-corrected chi connectivity index (χ3v) is 4.15. The number of nitrogens with zero attached hydrogens (tertiary/aromatic N) is 3. The number of halogens is 1. The lowest BCUT2D eigenvalue weighted by molar-refractivity contribution is 0.632. The van der Waals surface area contributed by atoms with Crippen LogP contribution in [0.2, 0.25) is 0 Å². The van der Waals surface area contributed by atoms with Crippen molar-refractivity contribution < 1.29 is 0 Å². The Morgan fingerprint density at radius 1 is 1.35 bits per heavy atom. The molecular formula is C14H19BrN4S. The molecule has 0 aromatic carbocycles. The fraction of sp³-hybridized carbons (Fsp3) is 0.500. The van der Waals surface area contributed by atoms with Gasteiger partial charge in [0, 0.05) is 11.9 Å². The first-order chi connectivity index (χ1) is 9.61. The molecule has 2 heterocycles. The van der Waals surface area contributed by atoms with Crippen molar-refractivity contribution in [3.63, 3.8) is 0 Å². The lowest BCUT2D eigenvalue weighted by Crippen LogP contribution is -2.09. The molecule has 0 aliphatic rings. The smallest absolute Gasteiger partial charge is 0.181 e. The van der Waals surface area contributed by atoms with Crippen molar-refractivity contribution in [2.45, 2.75) is 33.6 Å². The Morgan fingerprint density at radius 3 is 2.75 bits per heavy atom. The van der Waals surface area contributed by atoms with Crippen LogP contribution in [0.4, 0.5) is 5.82 Å². The molecule has 0 spiro atoms. The van der Waals surface area contributed by atoms with E-state index in [0.29, 0.717) is 11.7 Å². The molecule has 0 aliphatic carbocycles. The van der Waals surface area contributed by atoms with Crippen molar-refractivity contribution >= 4 is 33.1 Å². The number of hydrogen-bond donors (Lipinski definition) is 1. The number of aromatic nitrogens is 3. The van der Waals surface area contributed by atoms with Gasteiger partial charge in [0.2, 0.25) is 0 Å². The Hall–Kier alpha value is -1.01. The van der Waals surface area contributed by atoms with Gasteiger partial charge in [-0.3, -0.25) is 0 Å². The molecule has 0 saturated carbocycles. The van der Waals surface area contributed by atoms with Crippen LogP contribution in [0.1, 0.15) is 32.9 Å². The molecule has 0 radical (unpaired) electrons. The number of hydrogen-bond acceptors (Lipinski definition) is 5. The first-order valence-corrected chi connectivity index (χ1v) is 8.54. The van der Waals surface area contributed by atoms with Crippen LogP contribution in [-0.2, 0) is 6.42 Å². The van der Waals surface area contributed by atoms with Crippen molar-refractivity contribution in [3.8, 4) is 11.5 Å². The molecular weight excluding hydrogens is 336 g/mol. The minimum absolute atomic E-state index is 0.545. The predicted molar refractivity (Wildman–Crippen MR) is 88.2 cm³/mol. The molecule has 0 bridgehead atoms. The Labute approximate surface area is 132 Å². The Morgan fingerprint density at radius 2 is 2.15 bits per heavy atom. The van der Waals surface area contributed by atoms with E-state index < -0.39 is 0 Å². The van der Waals surface area contributed by atoms with Crippen molar-refractivity contribution in [1.82, 2.24) is 15.0 Å². The zero-order chi connectivity index (χ0) is 14.5. The molecule has 0 aliphatic heterocycles. The lowest BCUT2D eigenvalue weighted by atomic mass is 10.1. The van der Waals surface area contributed by atoms with Crippen LogP contribution in [0, 0.1) is 5.92 Å². The second-order valence-electron chi connectivity index (χ2n) is 5.05. The van der Waals surface area contributed by atoms with Crippen LogP contribution in [-0.4, -0.2) is 21.5 Å². The Bertz CT molecular complexity index is 555. The van der Waals surface area contributed by atoms with Crippen LogP contribution in [0.5, 0.6) is 0 Å². The number of rotatable bonds is 6. The summed E-state index contributed by atoms with van der Waals surface area (Å²) < 4.78 is 0.971. The molecule has 1 N–H and O–H groups in total. The summed E-state index contributed by atoms with van der Waals surface area (Å²) in [5, 5.41) is 5.33. The largest absolute Gasteiger partial charge is 0.369 e. The van der Waals surface area contributed by atoms with Gasteiger partial charge in [-0.2, -0.15) is 0 Å². The maximum Gasteiger partial charge on any atom is 0.181 e. The molecule has 0 fully saturated rings. The van der Waals surface area contributed by atoms with Gasteiger partial charge in [-0.1, -0.05) is 20.8 Å². The topological polar surface area (TPSA) is 50.7 Å². The SMILES string of the molecule is CCCNc1nc(-c2cscn2)nc(CC(C)C)c1Br. The highest BCUT2D eigenvalue weighted by Gasteiger charge is 2.15. The van der Waals surface area contributed by atoms with E-state index in [9.17, 15) is 0 Å². The quantitative estimate of drug-likeness (QED) is 0.835. The Kier molecular flexibility index (Phi) is 5.48. The minimum atomic E-state index is 0.545. The van der Waals surface area contributed by atoms with Gasteiger partial charge in [0.05, 0.1) is 15.7 Å². The molecule has 6 heteroatoms. The highest BCUT2D eigenvalue weighted by Crippen LogP contribution is 2.28. The van der Waals surface area contributed by atoms with Gasteiger partial charge >= 0.3 is 0 Å². The van der Waals surface area contributed by atoms with Gasteiger partial charge in [0.15, 0.2) is 5.82 Å². The van der Waals surface area contributed by atoms with E-state index in [1.165, 1.54) is 0 Å². The number of thiazole rings is 1. The summed E-state index contributed by atoms with van der Waals surface area (Å²) in [6.07, 6.45) is 1.98. The van der Waals surface area contributed by atoms with Crippen LogP contribution in [0.3, 0.4) is 0 Å². The maximum absolute atomic E-state index is 4.67. The summed E-state index contributed by atoms with van der Waals surface area (Å²) in [4.78, 5) is 13.6. The molecule has 0 amide bonds. The van der Waals surface area contributed by atoms with E-state index in [1.54, 1.807) is 11.3 Å². The third kappa shape index (κ3) is 3.76. The zero-order valence-corrected chi connectivity index (χ0v) is 14.4. The summed E-state index contributed by atoms with van der Waals surface area (Å²) in [6, 6.07) is 0. The van der Waals surface area contributed by atoms with Crippen LogP contribution >= 0.6 is 27.3 Å². The molecule has 20 heavy (non-hydrogen) atoms. The fourth-order valence-corrected chi connectivity index (χ4v) is 2.82. The first kappa shape index (κ1) is 15.4. The zero-order valence-electron chi connectivity index (χ0n) is 12.0. The number of nitrogens with one attached hydrogen (secondary N) is 1. The van der Waals surface area contributed by atoms with E-state index in [2.05, 4.69) is 57.0 Å². The average molecular weight is 355 g/mol. The Balaban J connectivity index is 2.42. The second-order valence-corrected chi connectivity index (χ2v) is 6.57. The van der Waals surface area contributed by atoms with Gasteiger partial charge in [-0.25, -0.2) is 15.0 Å². The van der Waals surface area contributed by atoms with Crippen LogP contribution in [0.25, 0.3) is 11.5 Å². The molecule has 0 atom stereocenters. The summed E-state index contributed by atoms with van der Waals surface area (Å²) >= 11 is 5.19. The van der Waals surface area contributed by atoms with E-state index in [4.69, 9.17) is 0 Å². The van der Waals surface area contributed by atoms with Crippen molar-refractivity contribution in [2.75, 3.05) is 11.9 Å². The maximum atomic E-state index is 4.67. The summed E-state index contributed by atoms with van der Waals surface area (Å²) in [6.45, 7) is 7.41. The molecule has 108 valence electrons. The monoisotopic (exact) mass is 354 g/mol. The summed E-state index contributed by atoms with van der Waals surface area (Å²) in [5.74, 6) is 2.10. The minimum Gasteiger partial charge on any atom is -0.369 e. The standard InChI is InChI=1S/C14H19BrN4S/c1-4-5-16-14-12(15)10(6-9(2)3)18-13(19-14)11-7-20-8-17-11/h7-9H,4-6H2,1-3H3,(H,16,18,19). The third-order valence-electron chi connectivity index (χ3n) is 2.73. The molecule has 4 nitrogen and oxygen atoms in total. The van der Waals surface area contributed by atoms with Gasteiger partial charge < -0.3 is 5.32 Å². The second kappa shape index (κ2) is 7.13. The number of anilines is 1. The van der Waals surface area contributed by atoms with Crippen LogP contribution in [0.15, 0.2) is 15.4 Å². The van der Waals surface area contributed by atoms with Crippen molar-refractivity contribution in [1.29, 1.82) is 0 Å². The van der Waals surface area contributed by atoms with Crippen molar-refractivity contribution in [2.24, 2.45) is 5.92 Å².